The topological polar surface area (TPSA) is 50.2 Å². The standard InChI is InChI=1S/C24H23FNSi.C13H24O2.Ir/c1-15-12-16(2)14-17(13-15)24-21-7-6-20-18(19(21)10-11-26-24)8-9-22(23(20)25)27(3,4)5;1-7-12(3,4)10(14)9-11(15)13(5,6)8-2;/h6-13H,1-5H3;9,14H,7-8H2,1-6H3;/q-1;;. The number of carbonyl (C=O) groups excluding carboxylic acids is 1. The van der Waals surface area contributed by atoms with E-state index in [0.717, 1.165) is 51.0 Å². The molecule has 1 aromatic heterocycles. The average Bonchev–Trinajstić information content (AvgIpc) is 2.91. The molecule has 1 heterocycles. The summed E-state index contributed by atoms with van der Waals surface area (Å²) in [5.74, 6) is 0.130. The molecule has 0 bridgehead atoms. The number of rotatable bonds is 7. The van der Waals surface area contributed by atoms with Gasteiger partial charge in [-0.25, -0.2) is 4.39 Å². The van der Waals surface area contributed by atoms with E-state index in [0.29, 0.717) is 5.39 Å². The van der Waals surface area contributed by atoms with E-state index in [-0.39, 0.29) is 48.3 Å². The molecule has 3 nitrogen and oxygen atoms in total. The van der Waals surface area contributed by atoms with Gasteiger partial charge in [-0.1, -0.05) is 99.3 Å². The molecule has 0 fully saturated rings. The van der Waals surface area contributed by atoms with Gasteiger partial charge in [0, 0.05) is 48.6 Å². The molecule has 1 radical (unpaired) electrons. The summed E-state index contributed by atoms with van der Waals surface area (Å²) in [5, 5.41) is 14.4. The Bertz CT molecular complexity index is 1630. The molecule has 0 saturated heterocycles. The molecule has 0 unspecified atom stereocenters. The molecular weight excluding hydrogens is 730 g/mol. The van der Waals surface area contributed by atoms with Crippen LogP contribution in [-0.4, -0.2) is 23.9 Å². The first-order valence-electron chi connectivity index (χ1n) is 14.9. The third-order valence-corrected chi connectivity index (χ3v) is 10.5. The fraction of sp³-hybridized carbons (Fsp3) is 0.405. The number of pyridine rings is 1. The second-order valence-electron chi connectivity index (χ2n) is 13.7. The number of aryl methyl sites for hydroxylation is 2. The summed E-state index contributed by atoms with van der Waals surface area (Å²) in [7, 11) is -1.73. The van der Waals surface area contributed by atoms with E-state index in [1.807, 2.05) is 78.9 Å². The third kappa shape index (κ3) is 8.29. The van der Waals surface area contributed by atoms with Crippen LogP contribution in [0.4, 0.5) is 4.39 Å². The van der Waals surface area contributed by atoms with Gasteiger partial charge in [-0.05, 0) is 45.9 Å². The number of benzene rings is 3. The fourth-order valence-electron chi connectivity index (χ4n) is 4.72. The van der Waals surface area contributed by atoms with E-state index in [9.17, 15) is 9.90 Å². The van der Waals surface area contributed by atoms with Gasteiger partial charge in [-0.15, -0.1) is 34.9 Å². The quantitative estimate of drug-likeness (QED) is 0.0669. The van der Waals surface area contributed by atoms with Gasteiger partial charge in [0.2, 0.25) is 0 Å². The summed E-state index contributed by atoms with van der Waals surface area (Å²) in [6.45, 7) is 22.3. The van der Waals surface area contributed by atoms with Gasteiger partial charge in [-0.3, -0.25) is 4.79 Å². The van der Waals surface area contributed by atoms with E-state index in [4.69, 9.17) is 0 Å². The second-order valence-corrected chi connectivity index (χ2v) is 18.8. The molecule has 0 aliphatic carbocycles. The van der Waals surface area contributed by atoms with Crippen LogP contribution >= 0.6 is 0 Å². The van der Waals surface area contributed by atoms with Gasteiger partial charge in [0.15, 0.2) is 5.78 Å². The zero-order chi connectivity index (χ0) is 31.6. The summed E-state index contributed by atoms with van der Waals surface area (Å²) in [6.07, 6.45) is 4.80. The predicted molar refractivity (Wildman–Crippen MR) is 180 cm³/mol. The molecule has 0 aliphatic rings. The van der Waals surface area contributed by atoms with Gasteiger partial charge in [0.05, 0.1) is 8.07 Å². The molecule has 1 N–H and O–H groups in total. The maximum Gasteiger partial charge on any atom is 0.164 e. The van der Waals surface area contributed by atoms with Gasteiger partial charge in [0.25, 0.3) is 0 Å². The van der Waals surface area contributed by atoms with Crippen LogP contribution in [0.1, 0.15) is 65.5 Å². The molecule has 0 atom stereocenters. The number of allylic oxidation sites excluding steroid dienone is 2. The number of carbonyl (C=O) groups is 1. The van der Waals surface area contributed by atoms with Gasteiger partial charge >= 0.3 is 0 Å². The van der Waals surface area contributed by atoms with Crippen molar-refractivity contribution in [3.8, 4) is 11.3 Å². The Morgan fingerprint density at radius 2 is 1.47 bits per heavy atom. The van der Waals surface area contributed by atoms with Crippen LogP contribution < -0.4 is 5.19 Å². The molecule has 3 aromatic carbocycles. The number of hydrogen-bond donors (Lipinski definition) is 1. The summed E-state index contributed by atoms with van der Waals surface area (Å²) in [4.78, 5) is 16.5. The predicted octanol–water partition coefficient (Wildman–Crippen LogP) is 10.0. The average molecular weight is 777 g/mol. The van der Waals surface area contributed by atoms with Crippen molar-refractivity contribution in [3.05, 3.63) is 83.5 Å². The molecule has 0 saturated carbocycles. The van der Waals surface area contributed by atoms with Crippen molar-refractivity contribution in [1.29, 1.82) is 0 Å². The number of aliphatic hydroxyl groups excluding tert-OH is 1. The summed E-state index contributed by atoms with van der Waals surface area (Å²) >= 11 is 0. The van der Waals surface area contributed by atoms with Crippen molar-refractivity contribution in [2.24, 2.45) is 10.8 Å². The van der Waals surface area contributed by atoms with Gasteiger partial charge in [0.1, 0.15) is 11.6 Å². The van der Waals surface area contributed by atoms with Crippen LogP contribution in [0.2, 0.25) is 19.6 Å². The normalized spacial score (nSPS) is 12.5. The Kier molecular flexibility index (Phi) is 11.9. The summed E-state index contributed by atoms with van der Waals surface area (Å²) in [5.41, 5.74) is 3.48. The van der Waals surface area contributed by atoms with Crippen molar-refractivity contribution < 1.29 is 34.4 Å². The summed E-state index contributed by atoms with van der Waals surface area (Å²) in [6, 6.07) is 17.6. The van der Waals surface area contributed by atoms with Crippen LogP contribution in [-0.2, 0) is 24.9 Å². The molecule has 0 amide bonds. The van der Waals surface area contributed by atoms with E-state index >= 15 is 4.39 Å². The van der Waals surface area contributed by atoms with Gasteiger partial charge in [-0.2, -0.15) is 0 Å². The van der Waals surface area contributed by atoms with Crippen molar-refractivity contribution >= 4 is 40.6 Å². The fourth-order valence-corrected chi connectivity index (χ4v) is 6.10. The SMILES string of the molecule is CCC(C)(C)C(=O)C=C(O)C(C)(C)CC.Cc1[c-]c(-c2nccc3c2ccc2c(F)c([Si](C)(C)C)ccc23)cc(C)c1.[Ir]. The third-order valence-electron chi connectivity index (χ3n) is 8.48. The van der Waals surface area contributed by atoms with Crippen molar-refractivity contribution in [3.63, 3.8) is 0 Å². The maximum absolute atomic E-state index is 15.2. The molecule has 43 heavy (non-hydrogen) atoms. The zero-order valence-corrected chi connectivity index (χ0v) is 31.0. The summed E-state index contributed by atoms with van der Waals surface area (Å²) < 4.78 is 15.2. The van der Waals surface area contributed by atoms with Gasteiger partial charge < -0.3 is 10.1 Å². The minimum absolute atomic E-state index is 0. The number of hydrogen-bond acceptors (Lipinski definition) is 3. The van der Waals surface area contributed by atoms with Crippen molar-refractivity contribution in [2.75, 3.05) is 0 Å². The maximum atomic E-state index is 15.2. The minimum atomic E-state index is -1.73. The molecule has 0 aliphatic heterocycles. The number of aromatic nitrogens is 1. The van der Waals surface area contributed by atoms with Crippen molar-refractivity contribution in [1.82, 2.24) is 4.98 Å². The smallest absolute Gasteiger partial charge is 0.164 e. The van der Waals surface area contributed by atoms with E-state index < -0.39 is 8.07 Å². The first kappa shape index (κ1) is 36.5. The number of nitrogens with zero attached hydrogens (tertiary/aromatic N) is 1. The minimum Gasteiger partial charge on any atom is -0.512 e. The number of fused-ring (bicyclic) bond motifs is 3. The second kappa shape index (κ2) is 14.0. The van der Waals surface area contributed by atoms with Crippen molar-refractivity contribution in [2.45, 2.75) is 87.9 Å². The van der Waals surface area contributed by atoms with Crippen LogP contribution in [0.3, 0.4) is 0 Å². The first-order valence-corrected chi connectivity index (χ1v) is 18.4. The van der Waals surface area contributed by atoms with E-state index in [1.165, 1.54) is 11.6 Å². The van der Waals surface area contributed by atoms with Crippen LogP contribution in [0.5, 0.6) is 0 Å². The zero-order valence-electron chi connectivity index (χ0n) is 27.6. The Balaban J connectivity index is 0.000000348. The Hall–Kier alpha value is -2.66. The molecule has 4 rings (SSSR count). The molecule has 4 aromatic rings. The van der Waals surface area contributed by atoms with E-state index in [2.05, 4.69) is 55.8 Å². The molecule has 233 valence electrons. The molecule has 6 heteroatoms. The number of ketones is 1. The number of halogens is 1. The first-order chi connectivity index (χ1) is 19.4. The number of aliphatic hydroxyl groups is 1. The van der Waals surface area contributed by atoms with Crippen LogP contribution in [0.25, 0.3) is 32.8 Å². The largest absolute Gasteiger partial charge is 0.512 e. The van der Waals surface area contributed by atoms with Crippen LogP contribution in [0, 0.1) is 36.6 Å². The molecule has 0 spiro atoms. The Morgan fingerprint density at radius 1 is 0.907 bits per heavy atom. The van der Waals surface area contributed by atoms with Crippen LogP contribution in [0.15, 0.2) is 60.5 Å². The Labute approximate surface area is 272 Å². The monoisotopic (exact) mass is 777 g/mol. The molecular formula is C37H47FIrNO2Si-. The van der Waals surface area contributed by atoms with E-state index in [1.54, 1.807) is 0 Å². The Morgan fingerprint density at radius 3 is 2.02 bits per heavy atom.